The second kappa shape index (κ2) is 6.24. The topological polar surface area (TPSA) is 58.5 Å². The lowest BCUT2D eigenvalue weighted by Gasteiger charge is -2.16. The molecular weight excluding hydrogens is 319 g/mol. The van der Waals surface area contributed by atoms with Crippen LogP contribution in [0.5, 0.6) is 0 Å². The molecule has 6 heteroatoms. The molecule has 0 radical (unpaired) electrons. The van der Waals surface area contributed by atoms with Gasteiger partial charge in [0.2, 0.25) is 5.95 Å². The summed E-state index contributed by atoms with van der Waals surface area (Å²) in [7, 11) is 0. The van der Waals surface area contributed by atoms with Gasteiger partial charge in [0.25, 0.3) is 5.91 Å². The zero-order valence-electron chi connectivity index (χ0n) is 13.1. The molecule has 0 atom stereocenters. The summed E-state index contributed by atoms with van der Waals surface area (Å²) in [5, 5.41) is 0. The molecule has 122 valence electrons. The Morgan fingerprint density at radius 3 is 2.52 bits per heavy atom. The Morgan fingerprint density at radius 2 is 1.72 bits per heavy atom. The summed E-state index contributed by atoms with van der Waals surface area (Å²) in [5.74, 6) is -0.356. The van der Waals surface area contributed by atoms with E-state index in [0.717, 1.165) is 11.1 Å². The number of aliphatic imine (C=N–C) groups is 1. The second-order valence-corrected chi connectivity index (χ2v) is 5.51. The molecule has 1 aliphatic rings. The van der Waals surface area contributed by atoms with Crippen molar-refractivity contribution in [3.63, 3.8) is 0 Å². The summed E-state index contributed by atoms with van der Waals surface area (Å²) in [6.07, 6.45) is 3.25. The number of hydrogen-bond donors (Lipinski definition) is 0. The highest BCUT2D eigenvalue weighted by Crippen LogP contribution is 2.26. The molecule has 1 aliphatic heterocycles. The van der Waals surface area contributed by atoms with E-state index >= 15 is 0 Å². The first kappa shape index (κ1) is 15.1. The fourth-order valence-corrected chi connectivity index (χ4v) is 2.77. The van der Waals surface area contributed by atoms with Gasteiger partial charge in [0.05, 0.1) is 12.1 Å². The number of amides is 1. The van der Waals surface area contributed by atoms with Gasteiger partial charge in [-0.25, -0.2) is 14.4 Å². The Morgan fingerprint density at radius 1 is 1.00 bits per heavy atom. The smallest absolute Gasteiger partial charge is 0.281 e. The largest absolute Gasteiger partial charge is 0.290 e. The summed E-state index contributed by atoms with van der Waals surface area (Å²) >= 11 is 0. The normalized spacial score (nSPS) is 14.6. The molecular formula is C19H13FN4O. The predicted octanol–water partition coefficient (Wildman–Crippen LogP) is 3.22. The van der Waals surface area contributed by atoms with E-state index in [-0.39, 0.29) is 5.56 Å². The Bertz CT molecular complexity index is 972. The zero-order chi connectivity index (χ0) is 17.2. The number of benzene rings is 2. The van der Waals surface area contributed by atoms with Crippen LogP contribution < -0.4 is 4.90 Å². The number of carbonyl (C=O) groups excluding carboxylic acids is 1. The van der Waals surface area contributed by atoms with Crippen molar-refractivity contribution in [2.24, 2.45) is 4.99 Å². The Balaban J connectivity index is 1.81. The Hall–Kier alpha value is -3.41. The third kappa shape index (κ3) is 2.78. The van der Waals surface area contributed by atoms with Crippen LogP contribution in [0, 0.1) is 5.82 Å². The fourth-order valence-electron chi connectivity index (χ4n) is 2.77. The van der Waals surface area contributed by atoms with Crippen molar-refractivity contribution in [3.05, 3.63) is 89.5 Å². The monoisotopic (exact) mass is 332 g/mol. The number of rotatable bonds is 2. The Kier molecular flexibility index (Phi) is 3.78. The molecule has 25 heavy (non-hydrogen) atoms. The lowest BCUT2D eigenvalue weighted by molar-refractivity contribution is 0.0999. The lowest BCUT2D eigenvalue weighted by atomic mass is 10.1. The summed E-state index contributed by atoms with van der Waals surface area (Å²) in [6.45, 7) is 0.504. The molecule has 4 rings (SSSR count). The number of nitrogens with zero attached hydrogens (tertiary/aromatic N) is 4. The van der Waals surface area contributed by atoms with E-state index in [1.54, 1.807) is 29.4 Å². The van der Waals surface area contributed by atoms with Gasteiger partial charge in [0.15, 0.2) is 0 Å². The van der Waals surface area contributed by atoms with Gasteiger partial charge < -0.3 is 0 Å². The van der Waals surface area contributed by atoms with Gasteiger partial charge in [0, 0.05) is 18.0 Å². The van der Waals surface area contributed by atoms with Crippen LogP contribution >= 0.6 is 0 Å². The molecule has 2 heterocycles. The van der Waals surface area contributed by atoms with E-state index in [1.165, 1.54) is 18.2 Å². The Labute approximate surface area is 143 Å². The van der Waals surface area contributed by atoms with Gasteiger partial charge in [-0.2, -0.15) is 4.99 Å². The van der Waals surface area contributed by atoms with Crippen molar-refractivity contribution in [1.29, 1.82) is 0 Å². The van der Waals surface area contributed by atoms with E-state index in [2.05, 4.69) is 15.0 Å². The quantitative estimate of drug-likeness (QED) is 0.723. The second-order valence-electron chi connectivity index (χ2n) is 5.51. The molecule has 0 saturated carbocycles. The van der Waals surface area contributed by atoms with Crippen molar-refractivity contribution >= 4 is 17.7 Å². The molecule has 0 aliphatic carbocycles. The van der Waals surface area contributed by atoms with Crippen LogP contribution in [0.15, 0.2) is 72.0 Å². The first-order valence-electron chi connectivity index (χ1n) is 7.74. The van der Waals surface area contributed by atoms with Crippen LogP contribution in [0.1, 0.15) is 21.5 Å². The van der Waals surface area contributed by atoms with Crippen LogP contribution in [-0.2, 0) is 6.54 Å². The molecule has 1 amide bonds. The van der Waals surface area contributed by atoms with Gasteiger partial charge in [-0.3, -0.25) is 9.69 Å². The molecule has 0 saturated heterocycles. The standard InChI is InChI=1S/C19H13FN4O/c20-16-9-4-3-8-15(16)18(25)23-17-14-7-2-1-6-13(14)12-24(17)19-21-10-5-11-22-19/h1-11H,12H2. The maximum atomic E-state index is 13.9. The number of carbonyl (C=O) groups is 1. The van der Waals surface area contributed by atoms with Crippen LogP contribution in [0.25, 0.3) is 0 Å². The highest BCUT2D eigenvalue weighted by atomic mass is 19.1. The molecule has 0 spiro atoms. The average molecular weight is 332 g/mol. The molecule has 2 aromatic carbocycles. The molecule has 5 nitrogen and oxygen atoms in total. The number of anilines is 1. The van der Waals surface area contributed by atoms with Crippen LogP contribution in [0.3, 0.4) is 0 Å². The van der Waals surface area contributed by atoms with Gasteiger partial charge in [-0.05, 0) is 23.8 Å². The number of amidine groups is 1. The van der Waals surface area contributed by atoms with Gasteiger partial charge in [-0.1, -0.05) is 36.4 Å². The maximum Gasteiger partial charge on any atom is 0.281 e. The van der Waals surface area contributed by atoms with Gasteiger partial charge in [0.1, 0.15) is 11.7 Å². The van der Waals surface area contributed by atoms with Crippen LogP contribution in [0.4, 0.5) is 10.3 Å². The van der Waals surface area contributed by atoms with Gasteiger partial charge in [-0.15, -0.1) is 0 Å². The number of hydrogen-bond acceptors (Lipinski definition) is 3. The van der Waals surface area contributed by atoms with Crippen molar-refractivity contribution < 1.29 is 9.18 Å². The molecule has 0 N–H and O–H groups in total. The highest BCUT2D eigenvalue weighted by molar-refractivity contribution is 6.18. The summed E-state index contributed by atoms with van der Waals surface area (Å²) < 4.78 is 13.9. The maximum absolute atomic E-state index is 13.9. The first-order valence-corrected chi connectivity index (χ1v) is 7.74. The van der Waals surface area contributed by atoms with Gasteiger partial charge >= 0.3 is 0 Å². The zero-order valence-corrected chi connectivity index (χ0v) is 13.1. The summed E-state index contributed by atoms with van der Waals surface area (Å²) in [5.41, 5.74) is 1.77. The minimum atomic E-state index is -0.634. The minimum absolute atomic E-state index is 0.0617. The van der Waals surface area contributed by atoms with Crippen LogP contribution in [-0.4, -0.2) is 21.7 Å². The first-order chi connectivity index (χ1) is 12.2. The summed E-state index contributed by atoms with van der Waals surface area (Å²) in [6, 6.07) is 15.2. The lowest BCUT2D eigenvalue weighted by Crippen LogP contribution is -2.27. The summed E-state index contributed by atoms with van der Waals surface area (Å²) in [4.78, 5) is 26.9. The van der Waals surface area contributed by atoms with Crippen molar-refractivity contribution in [1.82, 2.24) is 9.97 Å². The minimum Gasteiger partial charge on any atom is -0.290 e. The molecule has 0 unspecified atom stereocenters. The van der Waals surface area contributed by atoms with E-state index < -0.39 is 11.7 Å². The SMILES string of the molecule is O=C(N=C1c2ccccc2CN1c1ncccn1)c1ccccc1F. The number of aromatic nitrogens is 2. The molecule has 1 aromatic heterocycles. The third-order valence-corrected chi connectivity index (χ3v) is 3.95. The van der Waals surface area contributed by atoms with Crippen molar-refractivity contribution in [2.75, 3.05) is 4.90 Å². The molecule has 3 aromatic rings. The number of halogens is 1. The average Bonchev–Trinajstić information content (AvgIpc) is 3.01. The van der Waals surface area contributed by atoms with Crippen molar-refractivity contribution in [3.8, 4) is 0 Å². The highest BCUT2D eigenvalue weighted by Gasteiger charge is 2.29. The van der Waals surface area contributed by atoms with E-state index in [0.29, 0.717) is 18.3 Å². The number of fused-ring (bicyclic) bond motifs is 1. The molecule has 0 fully saturated rings. The van der Waals surface area contributed by atoms with E-state index in [1.807, 2.05) is 24.3 Å². The van der Waals surface area contributed by atoms with E-state index in [4.69, 9.17) is 0 Å². The van der Waals surface area contributed by atoms with E-state index in [9.17, 15) is 9.18 Å². The third-order valence-electron chi connectivity index (χ3n) is 3.95. The molecule has 0 bridgehead atoms. The van der Waals surface area contributed by atoms with Crippen molar-refractivity contribution in [2.45, 2.75) is 6.54 Å². The predicted molar refractivity (Wildman–Crippen MR) is 91.9 cm³/mol. The fraction of sp³-hybridized carbons (Fsp3) is 0.0526. The van der Waals surface area contributed by atoms with Crippen LogP contribution in [0.2, 0.25) is 0 Å².